The largest absolute Gasteiger partial charge is 0.480 e. The quantitative estimate of drug-likeness (QED) is 0.740. The van der Waals surface area contributed by atoms with E-state index >= 15 is 0 Å². The standard InChI is InChI=1S/C21H31NO4/c1-13(2)14-6-8-15(9-7-14)16-12-17(16)19(23)22-18(20(24)25)10-11-26-21(3,4)5/h6-9,13,16-18H,10-12H2,1-5H3,(H,22,23)(H,24,25). The molecule has 5 nitrogen and oxygen atoms in total. The van der Waals surface area contributed by atoms with Gasteiger partial charge in [-0.15, -0.1) is 0 Å². The van der Waals surface area contributed by atoms with Crippen molar-refractivity contribution in [2.24, 2.45) is 5.92 Å². The molecule has 2 rings (SSSR count). The van der Waals surface area contributed by atoms with Gasteiger partial charge in [-0.2, -0.15) is 0 Å². The number of nitrogens with one attached hydrogen (secondary N) is 1. The Morgan fingerprint density at radius 1 is 1.23 bits per heavy atom. The van der Waals surface area contributed by atoms with Crippen molar-refractivity contribution < 1.29 is 19.4 Å². The zero-order valence-electron chi connectivity index (χ0n) is 16.4. The molecule has 0 heterocycles. The number of carboxylic acids is 1. The van der Waals surface area contributed by atoms with Crippen LogP contribution in [0.25, 0.3) is 0 Å². The Morgan fingerprint density at radius 2 is 1.85 bits per heavy atom. The van der Waals surface area contributed by atoms with E-state index in [1.54, 1.807) is 0 Å². The van der Waals surface area contributed by atoms with Crippen molar-refractivity contribution in [3.05, 3.63) is 35.4 Å². The predicted molar refractivity (Wildman–Crippen MR) is 101 cm³/mol. The van der Waals surface area contributed by atoms with Gasteiger partial charge in [0.05, 0.1) is 5.60 Å². The SMILES string of the molecule is CC(C)c1ccc(C2CC2C(=O)NC(CCOC(C)(C)C)C(=O)O)cc1. The van der Waals surface area contributed by atoms with Crippen LogP contribution in [0.3, 0.4) is 0 Å². The number of amides is 1. The van der Waals surface area contributed by atoms with Crippen LogP contribution in [0.15, 0.2) is 24.3 Å². The minimum absolute atomic E-state index is 0.134. The van der Waals surface area contributed by atoms with Gasteiger partial charge in [0.1, 0.15) is 6.04 Å². The van der Waals surface area contributed by atoms with E-state index in [1.807, 2.05) is 20.8 Å². The molecule has 0 bridgehead atoms. The van der Waals surface area contributed by atoms with Crippen LogP contribution < -0.4 is 5.32 Å². The number of aliphatic carboxylic acids is 1. The summed E-state index contributed by atoms with van der Waals surface area (Å²) in [5.74, 6) is -0.656. The third-order valence-electron chi connectivity index (χ3n) is 4.71. The molecule has 144 valence electrons. The molecule has 1 aliphatic carbocycles. The van der Waals surface area contributed by atoms with Gasteiger partial charge in [-0.05, 0) is 50.2 Å². The number of carboxylic acid groups (broad SMARTS) is 1. The smallest absolute Gasteiger partial charge is 0.326 e. The van der Waals surface area contributed by atoms with Crippen LogP contribution in [0.5, 0.6) is 0 Å². The van der Waals surface area contributed by atoms with Crippen LogP contribution in [0.2, 0.25) is 0 Å². The highest BCUT2D eigenvalue weighted by Crippen LogP contribution is 2.47. The number of hydrogen-bond acceptors (Lipinski definition) is 3. The summed E-state index contributed by atoms with van der Waals surface area (Å²) in [6.07, 6.45) is 1.04. The first-order valence-electron chi connectivity index (χ1n) is 9.35. The van der Waals surface area contributed by atoms with Gasteiger partial charge in [0.15, 0.2) is 0 Å². The zero-order chi connectivity index (χ0) is 19.5. The second-order valence-corrected chi connectivity index (χ2v) is 8.42. The van der Waals surface area contributed by atoms with Gasteiger partial charge < -0.3 is 15.2 Å². The average molecular weight is 361 g/mol. The van der Waals surface area contributed by atoms with E-state index in [0.29, 0.717) is 12.5 Å². The number of rotatable bonds is 8. The van der Waals surface area contributed by atoms with Crippen molar-refractivity contribution in [2.45, 2.75) is 70.9 Å². The molecule has 0 aliphatic heterocycles. The van der Waals surface area contributed by atoms with E-state index in [1.165, 1.54) is 5.56 Å². The Bertz CT molecular complexity index is 630. The molecule has 1 aromatic carbocycles. The summed E-state index contributed by atoms with van der Waals surface area (Å²) < 4.78 is 5.57. The van der Waals surface area contributed by atoms with E-state index in [9.17, 15) is 14.7 Å². The van der Waals surface area contributed by atoms with Crippen LogP contribution in [0, 0.1) is 5.92 Å². The van der Waals surface area contributed by atoms with Gasteiger partial charge in [0.2, 0.25) is 5.91 Å². The summed E-state index contributed by atoms with van der Waals surface area (Å²) >= 11 is 0. The van der Waals surface area contributed by atoms with Crippen molar-refractivity contribution in [1.29, 1.82) is 0 Å². The van der Waals surface area contributed by atoms with Crippen molar-refractivity contribution >= 4 is 11.9 Å². The van der Waals surface area contributed by atoms with Crippen molar-refractivity contribution in [3.8, 4) is 0 Å². The van der Waals surface area contributed by atoms with Crippen LogP contribution in [0.4, 0.5) is 0 Å². The Balaban J connectivity index is 1.87. The Hall–Kier alpha value is -1.88. The number of carbonyl (C=O) groups excluding carboxylic acids is 1. The molecule has 26 heavy (non-hydrogen) atoms. The Labute approximate surface area is 156 Å². The van der Waals surface area contributed by atoms with E-state index in [0.717, 1.165) is 12.0 Å². The minimum Gasteiger partial charge on any atom is -0.480 e. The van der Waals surface area contributed by atoms with Crippen LogP contribution in [0.1, 0.15) is 70.4 Å². The minimum atomic E-state index is -1.02. The molecule has 0 saturated heterocycles. The van der Waals surface area contributed by atoms with Crippen LogP contribution >= 0.6 is 0 Å². The molecule has 1 aromatic rings. The van der Waals surface area contributed by atoms with Gasteiger partial charge in [0.25, 0.3) is 0 Å². The fourth-order valence-electron chi connectivity index (χ4n) is 3.00. The summed E-state index contributed by atoms with van der Waals surface area (Å²) in [6, 6.07) is 7.47. The molecule has 1 amide bonds. The summed E-state index contributed by atoms with van der Waals surface area (Å²) in [4.78, 5) is 23.8. The molecule has 1 saturated carbocycles. The summed E-state index contributed by atoms with van der Waals surface area (Å²) in [6.45, 7) is 10.4. The lowest BCUT2D eigenvalue weighted by molar-refractivity contribution is -0.143. The van der Waals surface area contributed by atoms with Crippen LogP contribution in [-0.2, 0) is 14.3 Å². The number of ether oxygens (including phenoxy) is 1. The molecule has 0 radical (unpaired) electrons. The molecule has 1 aliphatic rings. The highest BCUT2D eigenvalue weighted by Gasteiger charge is 2.44. The summed E-state index contributed by atoms with van der Waals surface area (Å²) in [7, 11) is 0. The van der Waals surface area contributed by atoms with Gasteiger partial charge in [-0.3, -0.25) is 4.79 Å². The second-order valence-electron chi connectivity index (χ2n) is 8.42. The van der Waals surface area contributed by atoms with Crippen molar-refractivity contribution in [3.63, 3.8) is 0 Å². The Morgan fingerprint density at radius 3 is 2.35 bits per heavy atom. The average Bonchev–Trinajstić information content (AvgIpc) is 3.33. The lowest BCUT2D eigenvalue weighted by atomic mass is 10.00. The first-order valence-corrected chi connectivity index (χ1v) is 9.35. The molecular formula is C21H31NO4. The lowest BCUT2D eigenvalue weighted by Gasteiger charge is -2.21. The summed E-state index contributed by atoms with van der Waals surface area (Å²) in [5.41, 5.74) is 2.11. The second kappa shape index (κ2) is 8.21. The molecule has 1 fully saturated rings. The third-order valence-corrected chi connectivity index (χ3v) is 4.71. The first-order chi connectivity index (χ1) is 12.1. The van der Waals surface area contributed by atoms with Crippen LogP contribution in [-0.4, -0.2) is 35.2 Å². The molecule has 5 heteroatoms. The lowest BCUT2D eigenvalue weighted by Crippen LogP contribution is -2.42. The number of benzene rings is 1. The van der Waals surface area contributed by atoms with E-state index in [-0.39, 0.29) is 29.8 Å². The fourth-order valence-corrected chi connectivity index (χ4v) is 3.00. The van der Waals surface area contributed by atoms with Crippen molar-refractivity contribution in [2.75, 3.05) is 6.61 Å². The monoisotopic (exact) mass is 361 g/mol. The van der Waals surface area contributed by atoms with Gasteiger partial charge in [-0.1, -0.05) is 38.1 Å². The maximum atomic E-state index is 12.4. The number of hydrogen-bond donors (Lipinski definition) is 2. The normalized spacial score (nSPS) is 20.7. The number of carbonyl (C=O) groups is 2. The molecule has 0 spiro atoms. The predicted octanol–water partition coefficient (Wildman–Crippen LogP) is 3.69. The van der Waals surface area contributed by atoms with Gasteiger partial charge >= 0.3 is 5.97 Å². The maximum absolute atomic E-state index is 12.4. The Kier molecular flexibility index (Phi) is 6.45. The molecule has 3 atom stereocenters. The van der Waals surface area contributed by atoms with Crippen molar-refractivity contribution in [1.82, 2.24) is 5.32 Å². The maximum Gasteiger partial charge on any atom is 0.326 e. The fraction of sp³-hybridized carbons (Fsp3) is 0.619. The topological polar surface area (TPSA) is 75.6 Å². The summed E-state index contributed by atoms with van der Waals surface area (Å²) in [5, 5.41) is 12.0. The molecule has 0 aromatic heterocycles. The van der Waals surface area contributed by atoms with Gasteiger partial charge in [0, 0.05) is 18.9 Å². The van der Waals surface area contributed by atoms with E-state index in [2.05, 4.69) is 43.4 Å². The zero-order valence-corrected chi connectivity index (χ0v) is 16.4. The molecule has 3 unspecified atom stereocenters. The molecule has 2 N–H and O–H groups in total. The van der Waals surface area contributed by atoms with Gasteiger partial charge in [-0.25, -0.2) is 4.79 Å². The highest BCUT2D eigenvalue weighted by molar-refractivity contribution is 5.87. The van der Waals surface area contributed by atoms with E-state index in [4.69, 9.17) is 4.74 Å². The first kappa shape index (κ1) is 20.4. The van der Waals surface area contributed by atoms with E-state index < -0.39 is 12.0 Å². The molecular weight excluding hydrogens is 330 g/mol. The third kappa shape index (κ3) is 5.84. The highest BCUT2D eigenvalue weighted by atomic mass is 16.5.